The molecule has 0 radical (unpaired) electrons. The molecule has 0 aliphatic rings. The summed E-state index contributed by atoms with van der Waals surface area (Å²) in [4.78, 5) is 23.7. The van der Waals surface area contributed by atoms with Gasteiger partial charge in [-0.05, 0) is 49.9 Å². The molecule has 1 unspecified atom stereocenters. The number of aromatic amines is 1. The van der Waals surface area contributed by atoms with E-state index in [1.807, 2.05) is 80.7 Å². The number of nitrogen functional groups attached to an aromatic ring is 1. The molecular weight excluding hydrogens is 420 g/mol. The number of thiophene rings is 1. The van der Waals surface area contributed by atoms with Crippen molar-refractivity contribution in [2.75, 3.05) is 5.73 Å². The highest BCUT2D eigenvalue weighted by Gasteiger charge is 2.28. The lowest BCUT2D eigenvalue weighted by molar-refractivity contribution is -0.516. The Morgan fingerprint density at radius 2 is 1.75 bits per heavy atom. The second-order valence-electron chi connectivity index (χ2n) is 7.84. The highest BCUT2D eigenvalue weighted by molar-refractivity contribution is 7.10. The molecule has 5 rings (SSSR count). The van der Waals surface area contributed by atoms with Crippen molar-refractivity contribution >= 4 is 22.9 Å². The second kappa shape index (κ2) is 7.72. The van der Waals surface area contributed by atoms with Crippen LogP contribution < -0.4 is 15.8 Å². The summed E-state index contributed by atoms with van der Waals surface area (Å²) in [6.07, 6.45) is 0. The summed E-state index contributed by atoms with van der Waals surface area (Å²) < 4.78 is 3.06. The molecule has 32 heavy (non-hydrogen) atoms. The molecule has 3 N–H and O–H groups in total. The summed E-state index contributed by atoms with van der Waals surface area (Å²) in [5.74, 6) is 0.142. The number of nitrogens with two attached hydrogens (primary N) is 1. The number of hydrogen-bond donors (Lipinski definition) is 2. The maximum atomic E-state index is 13.4. The number of aryl methyl sites for hydroxylation is 2. The average Bonchev–Trinajstić information content (AvgIpc) is 3.42. The van der Waals surface area contributed by atoms with Gasteiger partial charge in [-0.1, -0.05) is 36.4 Å². The van der Waals surface area contributed by atoms with Crippen molar-refractivity contribution < 1.29 is 4.40 Å². The summed E-state index contributed by atoms with van der Waals surface area (Å²) >= 11 is 1.61. The van der Waals surface area contributed by atoms with Crippen LogP contribution in [0.4, 0.5) is 5.95 Å². The predicted octanol–water partition coefficient (Wildman–Crippen LogP) is 3.91. The number of anilines is 1. The first-order valence-corrected chi connectivity index (χ1v) is 11.2. The zero-order valence-electron chi connectivity index (χ0n) is 18.0. The van der Waals surface area contributed by atoms with Crippen molar-refractivity contribution in [2.45, 2.75) is 26.8 Å². The van der Waals surface area contributed by atoms with Crippen LogP contribution in [0.1, 0.15) is 29.2 Å². The van der Waals surface area contributed by atoms with Gasteiger partial charge >= 0.3 is 11.6 Å². The fraction of sp³-hybridized carbons (Fsp3) is 0.167. The van der Waals surface area contributed by atoms with Crippen LogP contribution in [0.25, 0.3) is 28.0 Å². The van der Waals surface area contributed by atoms with Gasteiger partial charge in [-0.25, -0.2) is 9.89 Å². The van der Waals surface area contributed by atoms with E-state index in [0.717, 1.165) is 33.0 Å². The van der Waals surface area contributed by atoms with Gasteiger partial charge < -0.3 is 5.73 Å². The molecule has 5 aromatic rings. The molecule has 4 heterocycles. The number of H-pyrrole nitrogens is 1. The number of aromatic nitrogens is 5. The molecule has 1 aromatic carbocycles. The van der Waals surface area contributed by atoms with Gasteiger partial charge in [0.25, 0.3) is 0 Å². The molecule has 0 spiro atoms. The zero-order chi connectivity index (χ0) is 22.4. The third-order valence-corrected chi connectivity index (χ3v) is 6.58. The van der Waals surface area contributed by atoms with Crippen molar-refractivity contribution in [3.63, 3.8) is 0 Å². The minimum atomic E-state index is -0.255. The fourth-order valence-electron chi connectivity index (χ4n) is 4.10. The highest BCUT2D eigenvalue weighted by Crippen LogP contribution is 2.33. The van der Waals surface area contributed by atoms with E-state index >= 15 is 0 Å². The first kappa shape index (κ1) is 20.1. The number of nitrogens with zero attached hydrogens (tertiary/aromatic N) is 4. The van der Waals surface area contributed by atoms with Gasteiger partial charge in [0.2, 0.25) is 5.65 Å². The molecule has 160 valence electrons. The number of benzene rings is 1. The van der Waals surface area contributed by atoms with E-state index in [1.54, 1.807) is 16.0 Å². The molecule has 0 fully saturated rings. The number of rotatable bonds is 4. The van der Waals surface area contributed by atoms with Gasteiger partial charge in [-0.2, -0.15) is 4.68 Å². The highest BCUT2D eigenvalue weighted by atomic mass is 32.1. The van der Waals surface area contributed by atoms with Crippen molar-refractivity contribution in [3.8, 4) is 22.4 Å². The molecule has 0 saturated carbocycles. The minimum Gasteiger partial charge on any atom is -0.319 e. The number of hydrogen-bond acceptors (Lipinski definition) is 5. The van der Waals surface area contributed by atoms with Crippen LogP contribution in [0.2, 0.25) is 0 Å². The monoisotopic (exact) mass is 443 g/mol. The van der Waals surface area contributed by atoms with E-state index in [1.165, 1.54) is 4.40 Å². The van der Waals surface area contributed by atoms with Crippen LogP contribution in [-0.4, -0.2) is 19.7 Å². The normalized spacial score (nSPS) is 12.3. The van der Waals surface area contributed by atoms with Crippen LogP contribution in [0.5, 0.6) is 0 Å². The second-order valence-corrected chi connectivity index (χ2v) is 8.82. The van der Waals surface area contributed by atoms with Crippen LogP contribution >= 0.6 is 11.3 Å². The van der Waals surface area contributed by atoms with Gasteiger partial charge in [0.05, 0.1) is 5.56 Å². The lowest BCUT2D eigenvalue weighted by Gasteiger charge is -2.10. The Kier molecular flexibility index (Phi) is 4.86. The van der Waals surface area contributed by atoms with E-state index < -0.39 is 0 Å². The van der Waals surface area contributed by atoms with Gasteiger partial charge in [-0.15, -0.1) is 20.7 Å². The van der Waals surface area contributed by atoms with Crippen molar-refractivity contribution in [1.82, 2.24) is 19.7 Å². The summed E-state index contributed by atoms with van der Waals surface area (Å²) in [6, 6.07) is 17.7. The molecule has 0 aliphatic heterocycles. The third-order valence-electron chi connectivity index (χ3n) is 5.54. The molecule has 0 saturated heterocycles. The largest absolute Gasteiger partial charge is 0.428 e. The summed E-state index contributed by atoms with van der Waals surface area (Å²) in [6.45, 7) is 5.91. The van der Waals surface area contributed by atoms with Crippen LogP contribution in [0.15, 0.2) is 64.8 Å². The predicted molar refractivity (Wildman–Crippen MR) is 127 cm³/mol. The Morgan fingerprint density at radius 3 is 2.41 bits per heavy atom. The van der Waals surface area contributed by atoms with E-state index in [4.69, 9.17) is 10.7 Å². The molecule has 0 amide bonds. The van der Waals surface area contributed by atoms with E-state index in [0.29, 0.717) is 11.3 Å². The quantitative estimate of drug-likeness (QED) is 0.412. The smallest absolute Gasteiger partial charge is 0.319 e. The average molecular weight is 444 g/mol. The zero-order valence-corrected chi connectivity index (χ0v) is 18.9. The third kappa shape index (κ3) is 3.29. The SMILES string of the molecule is Cc1cc(-c2c(-c3ccccc3)nc(N)[n+]3c(=O)n(C(C)c4cccs4)[nH]c23)cc(C)n1. The van der Waals surface area contributed by atoms with E-state index in [9.17, 15) is 4.79 Å². The Labute approximate surface area is 188 Å². The van der Waals surface area contributed by atoms with Crippen LogP contribution in [0.3, 0.4) is 0 Å². The van der Waals surface area contributed by atoms with Crippen molar-refractivity contribution in [2.24, 2.45) is 0 Å². The Morgan fingerprint density at radius 1 is 1.03 bits per heavy atom. The lowest BCUT2D eigenvalue weighted by Crippen LogP contribution is -2.45. The van der Waals surface area contributed by atoms with Gasteiger partial charge in [-0.3, -0.25) is 4.98 Å². The number of pyridine rings is 1. The van der Waals surface area contributed by atoms with E-state index in [-0.39, 0.29) is 17.7 Å². The topological polar surface area (TPSA) is 93.7 Å². The van der Waals surface area contributed by atoms with Crippen LogP contribution in [0, 0.1) is 13.8 Å². The molecular formula is C24H23N6OS+. The standard InChI is InChI=1S/C24H22N6OS/c1-14-12-18(13-15(2)26-14)20-21(17-8-5-4-6-9-17)27-23(25)29-22(20)28-30(24(29)31)16(3)19-10-7-11-32-19/h4-13,16H,1-3H3,(H2,25,26,27,28)/p+1. The molecule has 0 bridgehead atoms. The molecule has 4 aromatic heterocycles. The molecule has 7 nitrogen and oxygen atoms in total. The van der Waals surface area contributed by atoms with Crippen molar-refractivity contribution in [3.05, 3.63) is 86.7 Å². The Bertz CT molecular complexity index is 1460. The van der Waals surface area contributed by atoms with Crippen molar-refractivity contribution in [1.29, 1.82) is 0 Å². The number of nitrogens with one attached hydrogen (secondary N) is 1. The van der Waals surface area contributed by atoms with Gasteiger partial charge in [0, 0.05) is 21.8 Å². The molecule has 0 aliphatic carbocycles. The maximum Gasteiger partial charge on any atom is 0.428 e. The van der Waals surface area contributed by atoms with Gasteiger partial charge in [0.15, 0.2) is 0 Å². The Balaban J connectivity index is 1.88. The first-order chi connectivity index (χ1) is 15.4. The Hall–Kier alpha value is -3.78. The first-order valence-electron chi connectivity index (χ1n) is 10.3. The maximum absolute atomic E-state index is 13.4. The van der Waals surface area contributed by atoms with Gasteiger partial charge in [0.1, 0.15) is 11.7 Å². The summed E-state index contributed by atoms with van der Waals surface area (Å²) in [7, 11) is 0. The fourth-order valence-corrected chi connectivity index (χ4v) is 4.88. The van der Waals surface area contributed by atoms with Crippen LogP contribution in [-0.2, 0) is 0 Å². The summed E-state index contributed by atoms with van der Waals surface area (Å²) in [5, 5.41) is 5.35. The van der Waals surface area contributed by atoms with E-state index in [2.05, 4.69) is 10.1 Å². The minimum absolute atomic E-state index is 0.142. The molecule has 8 heteroatoms. The lowest BCUT2D eigenvalue weighted by atomic mass is 9.99. The summed E-state index contributed by atoms with van der Waals surface area (Å²) in [5.41, 5.74) is 11.9. The number of fused-ring (bicyclic) bond motifs is 1. The molecule has 1 atom stereocenters.